The predicted molar refractivity (Wildman–Crippen MR) is 64.8 cm³/mol. The molecule has 0 amide bonds. The number of halogens is 1. The van der Waals surface area contributed by atoms with Gasteiger partial charge in [0, 0.05) is 9.92 Å². The fraction of sp³-hybridized carbons (Fsp3) is 0.100. The van der Waals surface area contributed by atoms with Gasteiger partial charge in [0.05, 0.1) is 11.1 Å². The first kappa shape index (κ1) is 10.8. The molecular formula is C10H8ClNOS2. The molecule has 78 valence electrons. The molecule has 2 aromatic rings. The number of aromatic hydroxyl groups is 1. The highest BCUT2D eigenvalue weighted by Gasteiger charge is 2.01. The molecule has 0 fully saturated rings. The molecule has 5 heteroatoms. The Hall–Kier alpha value is -0.710. The molecular weight excluding hydrogens is 250 g/mol. The number of benzene rings is 1. The van der Waals surface area contributed by atoms with Gasteiger partial charge in [-0.1, -0.05) is 11.6 Å². The van der Waals surface area contributed by atoms with Crippen molar-refractivity contribution in [2.24, 2.45) is 0 Å². The zero-order chi connectivity index (χ0) is 10.7. The minimum Gasteiger partial charge on any atom is -0.493 e. The summed E-state index contributed by atoms with van der Waals surface area (Å²) >= 11 is 8.92. The largest absolute Gasteiger partial charge is 0.493 e. The summed E-state index contributed by atoms with van der Waals surface area (Å²) in [6, 6.07) is 7.67. The fourth-order valence-corrected chi connectivity index (χ4v) is 2.74. The summed E-state index contributed by atoms with van der Waals surface area (Å²) in [5.41, 5.74) is 0. The van der Waals surface area contributed by atoms with Crippen LogP contribution in [-0.2, 0) is 5.75 Å². The van der Waals surface area contributed by atoms with E-state index in [1.807, 2.05) is 24.3 Å². The van der Waals surface area contributed by atoms with Crippen LogP contribution in [0.15, 0.2) is 34.5 Å². The lowest BCUT2D eigenvalue weighted by Crippen LogP contribution is -1.77. The molecule has 1 aromatic heterocycles. The Kier molecular flexibility index (Phi) is 3.51. The molecule has 0 bridgehead atoms. The number of nitrogens with zero attached hydrogens (tertiary/aromatic N) is 1. The van der Waals surface area contributed by atoms with Gasteiger partial charge in [0.25, 0.3) is 0 Å². The van der Waals surface area contributed by atoms with Crippen molar-refractivity contribution in [2.75, 3.05) is 0 Å². The minimum atomic E-state index is 0.103. The molecule has 0 saturated carbocycles. The second kappa shape index (κ2) is 4.88. The van der Waals surface area contributed by atoms with E-state index in [2.05, 4.69) is 4.98 Å². The third-order valence-corrected chi connectivity index (χ3v) is 4.01. The van der Waals surface area contributed by atoms with Crippen molar-refractivity contribution in [3.63, 3.8) is 0 Å². The maximum atomic E-state index is 9.06. The minimum absolute atomic E-state index is 0.103. The normalized spacial score (nSPS) is 10.5. The topological polar surface area (TPSA) is 33.1 Å². The molecule has 0 aliphatic heterocycles. The smallest absolute Gasteiger partial charge is 0.222 e. The molecule has 2 rings (SSSR count). The molecule has 15 heavy (non-hydrogen) atoms. The van der Waals surface area contributed by atoms with Crippen LogP contribution < -0.4 is 0 Å². The molecule has 0 spiro atoms. The van der Waals surface area contributed by atoms with Gasteiger partial charge in [-0.25, -0.2) is 4.98 Å². The Morgan fingerprint density at radius 1 is 1.33 bits per heavy atom. The van der Waals surface area contributed by atoms with Crippen LogP contribution in [0.25, 0.3) is 0 Å². The number of hydrogen-bond acceptors (Lipinski definition) is 4. The summed E-state index contributed by atoms with van der Waals surface area (Å²) in [6.45, 7) is 0. The molecule has 0 atom stereocenters. The van der Waals surface area contributed by atoms with Gasteiger partial charge in [-0.15, -0.1) is 23.1 Å². The molecule has 1 N–H and O–H groups in total. The molecule has 0 aliphatic rings. The number of thioether (sulfide) groups is 1. The molecule has 1 aromatic carbocycles. The van der Waals surface area contributed by atoms with Crippen molar-refractivity contribution >= 4 is 34.7 Å². The number of rotatable bonds is 3. The maximum absolute atomic E-state index is 9.06. The average Bonchev–Trinajstić information content (AvgIpc) is 2.64. The number of hydrogen-bond donors (Lipinski definition) is 1. The van der Waals surface area contributed by atoms with Crippen LogP contribution in [0.5, 0.6) is 5.88 Å². The average molecular weight is 258 g/mol. The third kappa shape index (κ3) is 3.12. The Labute approximate surface area is 101 Å². The molecule has 1 heterocycles. The van der Waals surface area contributed by atoms with Crippen LogP contribution in [0.2, 0.25) is 5.02 Å². The van der Waals surface area contributed by atoms with E-state index in [-0.39, 0.29) is 5.88 Å². The monoisotopic (exact) mass is 257 g/mol. The summed E-state index contributed by atoms with van der Waals surface area (Å²) in [5, 5.41) is 12.4. The molecule has 0 aliphatic carbocycles. The third-order valence-electron chi connectivity index (χ3n) is 1.72. The van der Waals surface area contributed by atoms with Crippen LogP contribution in [0.1, 0.15) is 5.01 Å². The molecule has 0 radical (unpaired) electrons. The van der Waals surface area contributed by atoms with Crippen molar-refractivity contribution in [1.29, 1.82) is 0 Å². The van der Waals surface area contributed by atoms with Gasteiger partial charge in [-0.3, -0.25) is 0 Å². The van der Waals surface area contributed by atoms with Crippen molar-refractivity contribution in [1.82, 2.24) is 4.98 Å². The van der Waals surface area contributed by atoms with E-state index in [4.69, 9.17) is 16.7 Å². The zero-order valence-corrected chi connectivity index (χ0v) is 10.1. The summed E-state index contributed by atoms with van der Waals surface area (Å²) in [7, 11) is 0. The van der Waals surface area contributed by atoms with Gasteiger partial charge in [-0.2, -0.15) is 0 Å². The van der Waals surface area contributed by atoms with Crippen LogP contribution >= 0.6 is 34.7 Å². The van der Waals surface area contributed by atoms with E-state index >= 15 is 0 Å². The van der Waals surface area contributed by atoms with Crippen LogP contribution in [0.3, 0.4) is 0 Å². The second-order valence-electron chi connectivity index (χ2n) is 2.84. The zero-order valence-electron chi connectivity index (χ0n) is 7.68. The Morgan fingerprint density at radius 3 is 2.67 bits per heavy atom. The lowest BCUT2D eigenvalue weighted by Gasteiger charge is -1.98. The SMILES string of the molecule is Oc1csc(CSc2ccc(Cl)cc2)n1. The first-order valence-corrected chi connectivity index (χ1v) is 6.50. The van der Waals surface area contributed by atoms with Gasteiger partial charge in [-0.05, 0) is 24.3 Å². The second-order valence-corrected chi connectivity index (χ2v) is 5.27. The van der Waals surface area contributed by atoms with Crippen molar-refractivity contribution in [3.8, 4) is 5.88 Å². The van der Waals surface area contributed by atoms with Crippen molar-refractivity contribution in [3.05, 3.63) is 39.7 Å². The number of thiazole rings is 1. The van der Waals surface area contributed by atoms with E-state index in [1.54, 1.807) is 17.1 Å². The quantitative estimate of drug-likeness (QED) is 0.850. The highest BCUT2D eigenvalue weighted by Crippen LogP contribution is 2.26. The van der Waals surface area contributed by atoms with Gasteiger partial charge < -0.3 is 5.11 Å². The Morgan fingerprint density at radius 2 is 2.07 bits per heavy atom. The van der Waals surface area contributed by atoms with Crippen molar-refractivity contribution in [2.45, 2.75) is 10.6 Å². The first-order valence-electron chi connectivity index (χ1n) is 4.26. The van der Waals surface area contributed by atoms with Gasteiger partial charge in [0.15, 0.2) is 0 Å². The van der Waals surface area contributed by atoms with Crippen LogP contribution in [0, 0.1) is 0 Å². The van der Waals surface area contributed by atoms with E-state index in [1.165, 1.54) is 11.3 Å². The van der Waals surface area contributed by atoms with Gasteiger partial charge in [0.1, 0.15) is 5.01 Å². The molecule has 0 unspecified atom stereocenters. The lowest BCUT2D eigenvalue weighted by molar-refractivity contribution is 0.456. The van der Waals surface area contributed by atoms with E-state index in [0.717, 1.165) is 20.7 Å². The fourth-order valence-electron chi connectivity index (χ4n) is 1.04. The van der Waals surface area contributed by atoms with Crippen LogP contribution in [-0.4, -0.2) is 10.1 Å². The van der Waals surface area contributed by atoms with E-state index in [9.17, 15) is 0 Å². The van der Waals surface area contributed by atoms with Gasteiger partial charge >= 0.3 is 0 Å². The summed E-state index contributed by atoms with van der Waals surface area (Å²) < 4.78 is 0. The Bertz CT molecular complexity index is 441. The molecule has 2 nitrogen and oxygen atoms in total. The summed E-state index contributed by atoms with van der Waals surface area (Å²) in [4.78, 5) is 5.12. The number of aromatic nitrogens is 1. The summed E-state index contributed by atoms with van der Waals surface area (Å²) in [5.74, 6) is 0.874. The van der Waals surface area contributed by atoms with Crippen molar-refractivity contribution < 1.29 is 5.11 Å². The van der Waals surface area contributed by atoms with E-state index < -0.39 is 0 Å². The van der Waals surface area contributed by atoms with Gasteiger partial charge in [0.2, 0.25) is 5.88 Å². The summed E-state index contributed by atoms with van der Waals surface area (Å²) in [6.07, 6.45) is 0. The molecule has 0 saturated heterocycles. The predicted octanol–water partition coefficient (Wildman–Crippen LogP) is 3.79. The lowest BCUT2D eigenvalue weighted by atomic mass is 10.4. The Balaban J connectivity index is 1.96. The van der Waals surface area contributed by atoms with Crippen LogP contribution in [0.4, 0.5) is 0 Å². The highest BCUT2D eigenvalue weighted by molar-refractivity contribution is 7.98. The van der Waals surface area contributed by atoms with E-state index in [0.29, 0.717) is 0 Å². The first-order chi connectivity index (χ1) is 7.24. The highest BCUT2D eigenvalue weighted by atomic mass is 35.5. The standard InChI is InChI=1S/C10H8ClNOS2/c11-7-1-3-8(4-2-7)14-6-10-12-9(13)5-15-10/h1-5,13H,6H2. The maximum Gasteiger partial charge on any atom is 0.222 e.